The van der Waals surface area contributed by atoms with Crippen LogP contribution in [0.15, 0.2) is 35.3 Å². The van der Waals surface area contributed by atoms with Gasteiger partial charge in [-0.3, -0.25) is 24.2 Å². The van der Waals surface area contributed by atoms with Gasteiger partial charge < -0.3 is 44.0 Å². The topological polar surface area (TPSA) is 258 Å². The van der Waals surface area contributed by atoms with Crippen LogP contribution in [0.3, 0.4) is 0 Å². The van der Waals surface area contributed by atoms with Gasteiger partial charge in [0.1, 0.15) is 18.1 Å². The average molecular weight is 563 g/mol. The van der Waals surface area contributed by atoms with Crippen LogP contribution in [-0.2, 0) is 30.4 Å². The zero-order valence-corrected chi connectivity index (χ0v) is 23.0. The monoisotopic (exact) mass is 562 g/mol. The molecule has 222 valence electrons. The quantitative estimate of drug-likeness (QED) is 0.0585. The second-order valence-corrected chi connectivity index (χ2v) is 9.90. The molecule has 1 rings (SSSR count). The van der Waals surface area contributed by atoms with E-state index in [1.807, 2.05) is 13.8 Å². The molecule has 0 fully saturated rings. The third-order valence-electron chi connectivity index (χ3n) is 5.85. The van der Waals surface area contributed by atoms with Gasteiger partial charge in [-0.25, -0.2) is 4.79 Å². The van der Waals surface area contributed by atoms with Crippen molar-refractivity contribution >= 4 is 35.6 Å². The Hall–Kier alpha value is -4.20. The molecule has 0 heterocycles. The second-order valence-electron chi connectivity index (χ2n) is 9.90. The molecule has 0 aliphatic heterocycles. The minimum Gasteiger partial charge on any atom is -0.480 e. The van der Waals surface area contributed by atoms with Crippen molar-refractivity contribution in [2.45, 2.75) is 76.5 Å². The molecule has 0 aromatic heterocycles. The predicted molar refractivity (Wildman–Crippen MR) is 149 cm³/mol. The highest BCUT2D eigenvalue weighted by Crippen LogP contribution is 2.08. The lowest BCUT2D eigenvalue weighted by atomic mass is 10.0. The van der Waals surface area contributed by atoms with Gasteiger partial charge >= 0.3 is 5.97 Å². The molecule has 4 atom stereocenters. The van der Waals surface area contributed by atoms with Crippen LogP contribution in [0.1, 0.15) is 51.5 Å². The number of carboxylic acids is 1. The van der Waals surface area contributed by atoms with E-state index in [9.17, 15) is 29.1 Å². The first-order valence-electron chi connectivity index (χ1n) is 13.1. The van der Waals surface area contributed by atoms with E-state index in [1.165, 1.54) is 0 Å². The number of nitrogens with one attached hydrogen (secondary N) is 3. The number of carbonyl (C=O) groups excluding carboxylic acids is 4. The number of carbonyl (C=O) groups is 5. The number of hydrogen-bond acceptors (Lipinski definition) is 7. The number of aliphatic carboxylic acids is 1. The van der Waals surface area contributed by atoms with Gasteiger partial charge in [0, 0.05) is 19.4 Å². The molecule has 0 saturated heterocycles. The molecule has 12 N–H and O–H groups in total. The van der Waals surface area contributed by atoms with Crippen LogP contribution < -0.4 is 38.9 Å². The van der Waals surface area contributed by atoms with Crippen LogP contribution in [0, 0.1) is 5.92 Å². The van der Waals surface area contributed by atoms with Crippen LogP contribution in [0.25, 0.3) is 0 Å². The highest BCUT2D eigenvalue weighted by atomic mass is 16.4. The third-order valence-corrected chi connectivity index (χ3v) is 5.85. The Labute approximate surface area is 233 Å². The number of nitrogens with two attached hydrogens (primary N) is 4. The molecule has 0 saturated carbocycles. The van der Waals surface area contributed by atoms with Crippen molar-refractivity contribution in [2.75, 3.05) is 6.54 Å². The third kappa shape index (κ3) is 13.6. The second kappa shape index (κ2) is 17.4. The Morgan fingerprint density at radius 3 is 1.93 bits per heavy atom. The van der Waals surface area contributed by atoms with Gasteiger partial charge in [0.05, 0.1) is 6.04 Å². The van der Waals surface area contributed by atoms with Gasteiger partial charge in [-0.05, 0) is 37.2 Å². The van der Waals surface area contributed by atoms with Crippen LogP contribution in [-0.4, -0.2) is 71.4 Å². The van der Waals surface area contributed by atoms with Crippen molar-refractivity contribution in [3.63, 3.8) is 0 Å². The molecular formula is C26H42N8O6. The van der Waals surface area contributed by atoms with Crippen LogP contribution in [0.4, 0.5) is 0 Å². The first-order chi connectivity index (χ1) is 18.8. The van der Waals surface area contributed by atoms with E-state index in [0.29, 0.717) is 18.4 Å². The molecule has 40 heavy (non-hydrogen) atoms. The van der Waals surface area contributed by atoms with E-state index in [4.69, 9.17) is 22.9 Å². The van der Waals surface area contributed by atoms with Crippen molar-refractivity contribution < 1.29 is 29.1 Å². The molecule has 4 amide bonds. The highest BCUT2D eigenvalue weighted by Gasteiger charge is 2.30. The highest BCUT2D eigenvalue weighted by molar-refractivity contribution is 5.94. The zero-order chi connectivity index (χ0) is 30.2. The molecule has 4 unspecified atom stereocenters. The molecule has 14 heteroatoms. The molecule has 1 aromatic rings. The number of amides is 4. The lowest BCUT2D eigenvalue weighted by molar-refractivity contribution is -0.142. The smallest absolute Gasteiger partial charge is 0.326 e. The van der Waals surface area contributed by atoms with Gasteiger partial charge in [-0.2, -0.15) is 0 Å². The molecule has 14 nitrogen and oxygen atoms in total. The lowest BCUT2D eigenvalue weighted by Gasteiger charge is -2.25. The summed E-state index contributed by atoms with van der Waals surface area (Å²) in [6.07, 6.45) is 0.359. The van der Waals surface area contributed by atoms with Crippen LogP contribution in [0.5, 0.6) is 0 Å². The summed E-state index contributed by atoms with van der Waals surface area (Å²) < 4.78 is 0. The maximum Gasteiger partial charge on any atom is 0.326 e. The van der Waals surface area contributed by atoms with Gasteiger partial charge in [-0.1, -0.05) is 44.2 Å². The summed E-state index contributed by atoms with van der Waals surface area (Å²) in [6.45, 7) is 3.98. The van der Waals surface area contributed by atoms with Gasteiger partial charge in [0.15, 0.2) is 5.96 Å². The maximum absolute atomic E-state index is 13.3. The van der Waals surface area contributed by atoms with E-state index in [0.717, 1.165) is 0 Å². The molecule has 1 aromatic carbocycles. The van der Waals surface area contributed by atoms with Crippen molar-refractivity contribution in [3.05, 3.63) is 35.9 Å². The Bertz CT molecular complexity index is 1030. The number of hydrogen-bond donors (Lipinski definition) is 8. The molecule has 0 spiro atoms. The van der Waals surface area contributed by atoms with E-state index >= 15 is 0 Å². The summed E-state index contributed by atoms with van der Waals surface area (Å²) in [7, 11) is 0. The first kappa shape index (κ1) is 33.8. The van der Waals surface area contributed by atoms with E-state index in [1.54, 1.807) is 30.3 Å². The summed E-state index contributed by atoms with van der Waals surface area (Å²) in [4.78, 5) is 66.2. The molecule has 0 aliphatic rings. The van der Waals surface area contributed by atoms with E-state index in [2.05, 4.69) is 20.9 Å². The van der Waals surface area contributed by atoms with Crippen LogP contribution >= 0.6 is 0 Å². The summed E-state index contributed by atoms with van der Waals surface area (Å²) >= 11 is 0. The SMILES string of the molecule is CC(C)CC(N)C(=O)NC(CCCN=C(N)N)C(=O)NC(CCC(N)=O)C(=O)NC(Cc1ccccc1)C(=O)O. The fourth-order valence-electron chi connectivity index (χ4n) is 3.82. The number of guanidine groups is 1. The lowest BCUT2D eigenvalue weighted by Crippen LogP contribution is -2.57. The minimum atomic E-state index is -1.31. The molecule has 0 bridgehead atoms. The molecular weight excluding hydrogens is 520 g/mol. The fourth-order valence-corrected chi connectivity index (χ4v) is 3.82. The van der Waals surface area contributed by atoms with Crippen LogP contribution in [0.2, 0.25) is 0 Å². The Morgan fingerprint density at radius 1 is 0.850 bits per heavy atom. The number of primary amides is 1. The van der Waals surface area contributed by atoms with Crippen molar-refractivity contribution in [2.24, 2.45) is 33.8 Å². The Balaban J connectivity index is 3.08. The number of benzene rings is 1. The zero-order valence-electron chi connectivity index (χ0n) is 23.0. The largest absolute Gasteiger partial charge is 0.480 e. The number of carboxylic acid groups (broad SMARTS) is 1. The molecule has 0 aliphatic carbocycles. The fraction of sp³-hybridized carbons (Fsp3) is 0.538. The maximum atomic E-state index is 13.3. The standard InChI is InChI=1S/C26H42N8O6/c1-15(2)13-17(27)22(36)32-18(9-6-12-31-26(29)30)23(37)33-19(10-11-21(28)35)24(38)34-20(25(39)40)14-16-7-4-3-5-8-16/h3-5,7-8,15,17-20H,6,9-14,27H2,1-2H3,(H2,28,35)(H,32,36)(H,33,37)(H,34,38)(H,39,40)(H4,29,30,31). The van der Waals surface area contributed by atoms with Crippen molar-refractivity contribution in [3.8, 4) is 0 Å². The number of rotatable bonds is 18. The summed E-state index contributed by atoms with van der Waals surface area (Å²) in [5.41, 5.74) is 22.6. The Kier molecular flexibility index (Phi) is 14.7. The average Bonchev–Trinajstić information content (AvgIpc) is 2.87. The number of nitrogens with zero attached hydrogens (tertiary/aromatic N) is 1. The van der Waals surface area contributed by atoms with E-state index in [-0.39, 0.29) is 44.1 Å². The normalized spacial score (nSPS) is 13.8. The van der Waals surface area contributed by atoms with Crippen molar-refractivity contribution in [1.82, 2.24) is 16.0 Å². The van der Waals surface area contributed by atoms with Gasteiger partial charge in [-0.15, -0.1) is 0 Å². The summed E-state index contributed by atoms with van der Waals surface area (Å²) in [5, 5.41) is 17.2. The summed E-state index contributed by atoms with van der Waals surface area (Å²) in [6, 6.07) is 4.10. The summed E-state index contributed by atoms with van der Waals surface area (Å²) in [5.74, 6) is -4.09. The van der Waals surface area contributed by atoms with Crippen molar-refractivity contribution in [1.29, 1.82) is 0 Å². The van der Waals surface area contributed by atoms with Gasteiger partial charge in [0.25, 0.3) is 0 Å². The molecule has 0 radical (unpaired) electrons. The number of aliphatic imine (C=N–C) groups is 1. The first-order valence-corrected chi connectivity index (χ1v) is 13.1. The predicted octanol–water partition coefficient (Wildman–Crippen LogP) is -1.54. The minimum absolute atomic E-state index is 0.00435. The Morgan fingerprint density at radius 2 is 1.40 bits per heavy atom. The van der Waals surface area contributed by atoms with Gasteiger partial charge in [0.2, 0.25) is 23.6 Å². The van der Waals surface area contributed by atoms with E-state index < -0.39 is 53.8 Å².